The van der Waals surface area contributed by atoms with E-state index in [1.807, 2.05) is 0 Å². The molecule has 1 aromatic heterocycles. The highest BCUT2D eigenvalue weighted by Gasteiger charge is 2.34. The molecule has 7 heteroatoms. The molecule has 31 heavy (non-hydrogen) atoms. The monoisotopic (exact) mass is 424 g/mol. The van der Waals surface area contributed by atoms with Gasteiger partial charge in [-0.1, -0.05) is 44.2 Å². The maximum atomic E-state index is 5.41. The molecule has 1 aromatic carbocycles. The van der Waals surface area contributed by atoms with Crippen molar-refractivity contribution in [2.75, 3.05) is 33.3 Å². The first-order valence-electron chi connectivity index (χ1n) is 12.2. The molecule has 0 unspecified atom stereocenters. The topological polar surface area (TPSA) is 59.3 Å². The van der Waals surface area contributed by atoms with Crippen LogP contribution in [-0.4, -0.2) is 69.3 Å². The molecule has 2 heterocycles. The third kappa shape index (κ3) is 4.48. The summed E-state index contributed by atoms with van der Waals surface area (Å²) in [6.07, 6.45) is 11.9. The second-order valence-corrected chi connectivity index (χ2v) is 9.46. The maximum absolute atomic E-state index is 5.41. The summed E-state index contributed by atoms with van der Waals surface area (Å²) in [4.78, 5) is 5.33. The van der Waals surface area contributed by atoms with E-state index in [1.165, 1.54) is 63.4 Å². The number of aromatic nitrogens is 4. The van der Waals surface area contributed by atoms with Crippen LogP contribution in [0.5, 0.6) is 5.75 Å². The van der Waals surface area contributed by atoms with Crippen molar-refractivity contribution < 1.29 is 4.74 Å². The number of ether oxygens (including phenoxy) is 1. The van der Waals surface area contributed by atoms with Crippen molar-refractivity contribution in [2.45, 2.75) is 75.9 Å². The molecule has 3 fully saturated rings. The molecule has 0 radical (unpaired) electrons. The minimum atomic E-state index is 0.0926. The van der Waals surface area contributed by atoms with E-state index in [-0.39, 0.29) is 6.04 Å². The molecule has 0 spiro atoms. The molecule has 168 valence electrons. The quantitative estimate of drug-likeness (QED) is 0.702. The van der Waals surface area contributed by atoms with Crippen LogP contribution in [0.4, 0.5) is 0 Å². The Labute approximate surface area is 185 Å². The zero-order chi connectivity index (χ0) is 21.0. The Morgan fingerprint density at radius 1 is 0.839 bits per heavy atom. The van der Waals surface area contributed by atoms with Crippen LogP contribution in [0, 0.1) is 0 Å². The van der Waals surface area contributed by atoms with Crippen LogP contribution in [0.2, 0.25) is 0 Å². The first-order chi connectivity index (χ1) is 15.3. The van der Waals surface area contributed by atoms with E-state index in [2.05, 4.69) is 54.3 Å². The van der Waals surface area contributed by atoms with Gasteiger partial charge in [0.25, 0.3) is 0 Å². The Bertz CT molecular complexity index is 817. The summed E-state index contributed by atoms with van der Waals surface area (Å²) in [7, 11) is 1.72. The van der Waals surface area contributed by atoms with Gasteiger partial charge in [-0.15, -0.1) is 5.10 Å². The molecule has 0 N–H and O–H groups in total. The van der Waals surface area contributed by atoms with Gasteiger partial charge >= 0.3 is 0 Å². The summed E-state index contributed by atoms with van der Waals surface area (Å²) >= 11 is 0. The van der Waals surface area contributed by atoms with Crippen LogP contribution in [0.25, 0.3) is 0 Å². The standard InChI is InChI=1S/C24H36N6O/c1-31-22-13-11-19(12-14-22)23(24-25-26-27-30(24)21-9-5-6-10-21)29-17-15-28(16-18-29)20-7-3-2-4-8-20/h11-14,20-21,23H,2-10,15-18H2,1H3/t23-/m0/s1. The number of methoxy groups -OCH3 is 1. The van der Waals surface area contributed by atoms with Crippen LogP contribution in [-0.2, 0) is 0 Å². The normalized spacial score (nSPS) is 23.3. The summed E-state index contributed by atoms with van der Waals surface area (Å²) in [6, 6.07) is 9.81. The molecule has 0 bridgehead atoms. The smallest absolute Gasteiger partial charge is 0.173 e. The molecular weight excluding hydrogens is 388 g/mol. The fourth-order valence-electron chi connectivity index (χ4n) is 5.91. The van der Waals surface area contributed by atoms with E-state index in [9.17, 15) is 0 Å². The van der Waals surface area contributed by atoms with Crippen molar-refractivity contribution in [1.82, 2.24) is 30.0 Å². The largest absolute Gasteiger partial charge is 0.497 e. The first kappa shape index (κ1) is 20.9. The van der Waals surface area contributed by atoms with E-state index in [0.29, 0.717) is 6.04 Å². The Kier molecular flexibility index (Phi) is 6.50. The van der Waals surface area contributed by atoms with Gasteiger partial charge in [0.05, 0.1) is 19.2 Å². The van der Waals surface area contributed by atoms with Gasteiger partial charge in [-0.2, -0.15) is 0 Å². The third-order valence-electron chi connectivity index (χ3n) is 7.67. The summed E-state index contributed by atoms with van der Waals surface area (Å²) in [5.41, 5.74) is 1.25. The Morgan fingerprint density at radius 3 is 2.16 bits per heavy atom. The average Bonchev–Trinajstić information content (AvgIpc) is 3.53. The van der Waals surface area contributed by atoms with Gasteiger partial charge in [0.1, 0.15) is 5.75 Å². The summed E-state index contributed by atoms with van der Waals surface area (Å²) in [6.45, 7) is 4.40. The van der Waals surface area contributed by atoms with Gasteiger partial charge in [0.15, 0.2) is 5.82 Å². The summed E-state index contributed by atoms with van der Waals surface area (Å²) in [5.74, 6) is 1.89. The number of tetrazole rings is 1. The summed E-state index contributed by atoms with van der Waals surface area (Å²) < 4.78 is 7.54. The van der Waals surface area contributed by atoms with Crippen molar-refractivity contribution in [3.63, 3.8) is 0 Å². The lowest BCUT2D eigenvalue weighted by Crippen LogP contribution is -2.52. The molecule has 2 saturated carbocycles. The predicted octanol–water partition coefficient (Wildman–Crippen LogP) is 3.84. The number of hydrogen-bond donors (Lipinski definition) is 0. The molecule has 5 rings (SSSR count). The van der Waals surface area contributed by atoms with Crippen LogP contribution in [0.1, 0.15) is 81.3 Å². The van der Waals surface area contributed by atoms with Gasteiger partial charge in [0.2, 0.25) is 0 Å². The summed E-state index contributed by atoms with van der Waals surface area (Å²) in [5, 5.41) is 13.2. The Morgan fingerprint density at radius 2 is 1.48 bits per heavy atom. The highest BCUT2D eigenvalue weighted by Crippen LogP contribution is 2.35. The lowest BCUT2D eigenvalue weighted by Gasteiger charge is -2.43. The van der Waals surface area contributed by atoms with E-state index in [4.69, 9.17) is 4.74 Å². The van der Waals surface area contributed by atoms with Gasteiger partial charge in [-0.05, 0) is 53.8 Å². The van der Waals surface area contributed by atoms with Gasteiger partial charge in [0, 0.05) is 32.2 Å². The Balaban J connectivity index is 1.39. The molecule has 7 nitrogen and oxygen atoms in total. The SMILES string of the molecule is COc1ccc([C@@H](c2nnnn2C2CCCC2)N2CCN(C3CCCCC3)CC2)cc1. The highest BCUT2D eigenvalue weighted by molar-refractivity contribution is 5.32. The average molecular weight is 425 g/mol. The zero-order valence-electron chi connectivity index (χ0n) is 18.8. The second-order valence-electron chi connectivity index (χ2n) is 9.46. The maximum Gasteiger partial charge on any atom is 0.173 e. The van der Waals surface area contributed by atoms with E-state index >= 15 is 0 Å². The van der Waals surface area contributed by atoms with Crippen molar-refractivity contribution in [2.24, 2.45) is 0 Å². The molecule has 1 saturated heterocycles. The van der Waals surface area contributed by atoms with E-state index in [0.717, 1.165) is 43.8 Å². The minimum Gasteiger partial charge on any atom is -0.497 e. The van der Waals surface area contributed by atoms with Crippen molar-refractivity contribution >= 4 is 0 Å². The minimum absolute atomic E-state index is 0.0926. The molecule has 0 amide bonds. The second kappa shape index (κ2) is 9.65. The van der Waals surface area contributed by atoms with Crippen LogP contribution in [0.3, 0.4) is 0 Å². The number of benzene rings is 1. The molecule has 1 aliphatic heterocycles. The predicted molar refractivity (Wildman–Crippen MR) is 120 cm³/mol. The number of hydrogen-bond acceptors (Lipinski definition) is 6. The fourth-order valence-corrected chi connectivity index (χ4v) is 5.91. The van der Waals surface area contributed by atoms with E-state index in [1.54, 1.807) is 7.11 Å². The molecule has 1 atom stereocenters. The van der Waals surface area contributed by atoms with Gasteiger partial charge < -0.3 is 4.74 Å². The number of rotatable bonds is 6. The molecule has 2 aliphatic carbocycles. The molecule has 2 aromatic rings. The van der Waals surface area contributed by atoms with Gasteiger partial charge in [-0.25, -0.2) is 4.68 Å². The lowest BCUT2D eigenvalue weighted by atomic mass is 9.93. The molecule has 3 aliphatic rings. The van der Waals surface area contributed by atoms with Gasteiger partial charge in [-0.3, -0.25) is 9.80 Å². The third-order valence-corrected chi connectivity index (χ3v) is 7.67. The number of nitrogens with zero attached hydrogens (tertiary/aromatic N) is 6. The lowest BCUT2D eigenvalue weighted by molar-refractivity contribution is 0.0615. The first-order valence-corrected chi connectivity index (χ1v) is 12.2. The van der Waals surface area contributed by atoms with Crippen LogP contribution in [0.15, 0.2) is 24.3 Å². The van der Waals surface area contributed by atoms with E-state index < -0.39 is 0 Å². The Hall–Kier alpha value is -1.99. The number of piperazine rings is 1. The highest BCUT2D eigenvalue weighted by atomic mass is 16.5. The fraction of sp³-hybridized carbons (Fsp3) is 0.708. The van der Waals surface area contributed by atoms with Crippen molar-refractivity contribution in [3.8, 4) is 5.75 Å². The zero-order valence-corrected chi connectivity index (χ0v) is 18.8. The molecular formula is C24H36N6O. The van der Waals surface area contributed by atoms with Crippen molar-refractivity contribution in [3.05, 3.63) is 35.7 Å². The van der Waals surface area contributed by atoms with Crippen LogP contribution < -0.4 is 4.74 Å². The van der Waals surface area contributed by atoms with Crippen LogP contribution >= 0.6 is 0 Å². The van der Waals surface area contributed by atoms with Crippen molar-refractivity contribution in [1.29, 1.82) is 0 Å².